The Morgan fingerprint density at radius 1 is 1.60 bits per heavy atom. The van der Waals surface area contributed by atoms with Crippen LogP contribution in [-0.4, -0.2) is 18.5 Å². The van der Waals surface area contributed by atoms with E-state index in [1.165, 1.54) is 19.3 Å². The van der Waals surface area contributed by atoms with Crippen molar-refractivity contribution < 1.29 is 9.53 Å². The minimum absolute atomic E-state index is 0.222. The van der Waals surface area contributed by atoms with E-state index in [-0.39, 0.29) is 5.78 Å². The van der Waals surface area contributed by atoms with Crippen LogP contribution in [0.1, 0.15) is 32.6 Å². The molecule has 2 nitrogen and oxygen atoms in total. The van der Waals surface area contributed by atoms with Gasteiger partial charge in [-0.25, -0.2) is 0 Å². The van der Waals surface area contributed by atoms with Crippen molar-refractivity contribution in [3.8, 4) is 0 Å². The van der Waals surface area contributed by atoms with Crippen LogP contribution >= 0.6 is 0 Å². The van der Waals surface area contributed by atoms with E-state index in [0.29, 0.717) is 19.1 Å². The molecule has 58 valence electrons. The molecule has 0 heterocycles. The molecular weight excluding hydrogens is 128 g/mol. The smallest absolute Gasteiger partial charge is 0.132 e. The molecule has 0 aliphatic heterocycles. The van der Waals surface area contributed by atoms with E-state index in [2.05, 4.69) is 0 Å². The average molecular weight is 142 g/mol. The lowest BCUT2D eigenvalue weighted by atomic mass is 9.96. The van der Waals surface area contributed by atoms with Crippen LogP contribution in [0.4, 0.5) is 0 Å². The van der Waals surface area contributed by atoms with Gasteiger partial charge >= 0.3 is 0 Å². The van der Waals surface area contributed by atoms with Gasteiger partial charge in [0.05, 0.1) is 12.7 Å². The Morgan fingerprint density at radius 3 is 2.70 bits per heavy atom. The maximum atomic E-state index is 10.5. The number of Topliss-reactive ketones (excluding diaryl/α,β-unsaturated/α-hetero) is 1. The van der Waals surface area contributed by atoms with Crippen molar-refractivity contribution in [2.24, 2.45) is 0 Å². The standard InChI is InChI=1S/C8H14O2/c1-7(9)5-6-10-8-3-2-4-8/h8H,2-6H2,1H3. The molecule has 0 unspecified atom stereocenters. The summed E-state index contributed by atoms with van der Waals surface area (Å²) in [4.78, 5) is 10.5. The molecule has 1 aliphatic rings. The van der Waals surface area contributed by atoms with Crippen molar-refractivity contribution in [3.63, 3.8) is 0 Å². The Morgan fingerprint density at radius 2 is 2.30 bits per heavy atom. The monoisotopic (exact) mass is 142 g/mol. The zero-order valence-corrected chi connectivity index (χ0v) is 6.43. The second-order valence-corrected chi connectivity index (χ2v) is 2.88. The van der Waals surface area contributed by atoms with Crippen LogP contribution in [0.2, 0.25) is 0 Å². The number of carbonyl (C=O) groups is 1. The van der Waals surface area contributed by atoms with Gasteiger partial charge in [-0.1, -0.05) is 0 Å². The Balaban J connectivity index is 1.89. The second kappa shape index (κ2) is 3.71. The fraction of sp³-hybridized carbons (Fsp3) is 0.875. The largest absolute Gasteiger partial charge is 0.378 e. The van der Waals surface area contributed by atoms with Crippen LogP contribution in [0, 0.1) is 0 Å². The highest BCUT2D eigenvalue weighted by molar-refractivity contribution is 5.75. The molecule has 0 amide bonds. The van der Waals surface area contributed by atoms with Gasteiger partial charge in [-0.2, -0.15) is 0 Å². The maximum Gasteiger partial charge on any atom is 0.132 e. The van der Waals surface area contributed by atoms with E-state index in [9.17, 15) is 4.79 Å². The lowest BCUT2D eigenvalue weighted by molar-refractivity contribution is -0.119. The van der Waals surface area contributed by atoms with E-state index in [1.807, 2.05) is 0 Å². The van der Waals surface area contributed by atoms with Gasteiger partial charge in [0, 0.05) is 6.42 Å². The summed E-state index contributed by atoms with van der Waals surface area (Å²) in [6.07, 6.45) is 4.73. The lowest BCUT2D eigenvalue weighted by Gasteiger charge is -2.25. The Kier molecular flexibility index (Phi) is 2.87. The number of rotatable bonds is 4. The fourth-order valence-corrected chi connectivity index (χ4v) is 0.907. The van der Waals surface area contributed by atoms with Crippen LogP contribution in [0.25, 0.3) is 0 Å². The summed E-state index contributed by atoms with van der Waals surface area (Å²) in [6, 6.07) is 0. The van der Waals surface area contributed by atoms with Crippen molar-refractivity contribution in [2.45, 2.75) is 38.7 Å². The molecule has 1 rings (SSSR count). The van der Waals surface area contributed by atoms with Crippen LogP contribution < -0.4 is 0 Å². The Bertz CT molecular complexity index is 116. The van der Waals surface area contributed by atoms with Crippen LogP contribution in [0.3, 0.4) is 0 Å². The summed E-state index contributed by atoms with van der Waals surface area (Å²) >= 11 is 0. The molecule has 1 aliphatic carbocycles. The second-order valence-electron chi connectivity index (χ2n) is 2.88. The normalized spacial score (nSPS) is 18.5. The van der Waals surface area contributed by atoms with Crippen LogP contribution in [-0.2, 0) is 9.53 Å². The van der Waals surface area contributed by atoms with Gasteiger partial charge < -0.3 is 4.74 Å². The Labute approximate surface area is 61.6 Å². The van der Waals surface area contributed by atoms with Crippen molar-refractivity contribution in [1.82, 2.24) is 0 Å². The maximum absolute atomic E-state index is 10.5. The molecule has 0 spiro atoms. The van der Waals surface area contributed by atoms with Gasteiger partial charge in [-0.3, -0.25) is 4.79 Å². The number of hydrogen-bond acceptors (Lipinski definition) is 2. The highest BCUT2D eigenvalue weighted by Crippen LogP contribution is 2.21. The molecule has 0 aromatic heterocycles. The minimum Gasteiger partial charge on any atom is -0.378 e. The predicted octanol–water partition coefficient (Wildman–Crippen LogP) is 1.53. The minimum atomic E-state index is 0.222. The first-order valence-electron chi connectivity index (χ1n) is 3.90. The van der Waals surface area contributed by atoms with Gasteiger partial charge in [-0.05, 0) is 26.2 Å². The topological polar surface area (TPSA) is 26.3 Å². The van der Waals surface area contributed by atoms with Gasteiger partial charge in [0.2, 0.25) is 0 Å². The van der Waals surface area contributed by atoms with Crippen LogP contribution in [0.15, 0.2) is 0 Å². The van der Waals surface area contributed by atoms with Gasteiger partial charge in [-0.15, -0.1) is 0 Å². The summed E-state index contributed by atoms with van der Waals surface area (Å²) in [5.74, 6) is 0.222. The van der Waals surface area contributed by atoms with Crippen LogP contribution in [0.5, 0.6) is 0 Å². The molecule has 0 aromatic rings. The van der Waals surface area contributed by atoms with Crippen molar-refractivity contribution in [1.29, 1.82) is 0 Å². The first-order valence-corrected chi connectivity index (χ1v) is 3.90. The quantitative estimate of drug-likeness (QED) is 0.595. The van der Waals surface area contributed by atoms with E-state index in [1.54, 1.807) is 6.92 Å². The summed E-state index contributed by atoms with van der Waals surface area (Å²) in [7, 11) is 0. The van der Waals surface area contributed by atoms with Gasteiger partial charge in [0.25, 0.3) is 0 Å². The summed E-state index contributed by atoms with van der Waals surface area (Å²) in [5, 5.41) is 0. The predicted molar refractivity (Wildman–Crippen MR) is 38.9 cm³/mol. The lowest BCUT2D eigenvalue weighted by Crippen LogP contribution is -2.22. The molecule has 0 saturated heterocycles. The third-order valence-corrected chi connectivity index (χ3v) is 1.86. The van der Waals surface area contributed by atoms with Gasteiger partial charge in [0.15, 0.2) is 0 Å². The number of hydrogen-bond donors (Lipinski definition) is 0. The first kappa shape index (κ1) is 7.73. The summed E-state index contributed by atoms with van der Waals surface area (Å²) in [5.41, 5.74) is 0. The number of carbonyl (C=O) groups excluding carboxylic acids is 1. The highest BCUT2D eigenvalue weighted by Gasteiger charge is 2.17. The molecular formula is C8H14O2. The first-order chi connectivity index (χ1) is 4.79. The van der Waals surface area contributed by atoms with E-state index < -0.39 is 0 Å². The highest BCUT2D eigenvalue weighted by atomic mass is 16.5. The zero-order chi connectivity index (χ0) is 7.40. The number of ketones is 1. The molecule has 0 bridgehead atoms. The average Bonchev–Trinajstić information content (AvgIpc) is 1.75. The van der Waals surface area contributed by atoms with E-state index >= 15 is 0 Å². The molecule has 1 fully saturated rings. The molecule has 2 heteroatoms. The van der Waals surface area contributed by atoms with E-state index in [4.69, 9.17) is 4.74 Å². The fourth-order valence-electron chi connectivity index (χ4n) is 0.907. The molecule has 0 N–H and O–H groups in total. The van der Waals surface area contributed by atoms with Gasteiger partial charge in [0.1, 0.15) is 5.78 Å². The molecule has 0 atom stereocenters. The van der Waals surface area contributed by atoms with Crippen molar-refractivity contribution in [2.75, 3.05) is 6.61 Å². The molecule has 0 aromatic carbocycles. The molecule has 10 heavy (non-hydrogen) atoms. The third-order valence-electron chi connectivity index (χ3n) is 1.86. The van der Waals surface area contributed by atoms with Crippen molar-refractivity contribution in [3.05, 3.63) is 0 Å². The molecule has 0 radical (unpaired) electrons. The number of ether oxygens (including phenoxy) is 1. The molecule has 1 saturated carbocycles. The third kappa shape index (κ3) is 2.48. The van der Waals surface area contributed by atoms with E-state index in [0.717, 1.165) is 0 Å². The summed E-state index contributed by atoms with van der Waals surface area (Å²) < 4.78 is 5.37. The summed E-state index contributed by atoms with van der Waals surface area (Å²) in [6.45, 7) is 2.23. The zero-order valence-electron chi connectivity index (χ0n) is 6.43. The van der Waals surface area contributed by atoms with Crippen molar-refractivity contribution >= 4 is 5.78 Å². The SMILES string of the molecule is CC(=O)CCOC1CCC1. The Hall–Kier alpha value is -0.370.